The van der Waals surface area contributed by atoms with E-state index >= 15 is 0 Å². The first-order valence-corrected chi connectivity index (χ1v) is 10.4. The molecule has 32 heavy (non-hydrogen) atoms. The van der Waals surface area contributed by atoms with Crippen molar-refractivity contribution in [2.24, 2.45) is 0 Å². The van der Waals surface area contributed by atoms with Crippen LogP contribution in [0.4, 0.5) is 11.5 Å². The van der Waals surface area contributed by atoms with Crippen molar-refractivity contribution < 1.29 is 4.74 Å². The molecule has 2 N–H and O–H groups in total. The molecule has 4 heterocycles. The fourth-order valence-corrected chi connectivity index (χ4v) is 3.85. The number of nitrogens with zero attached hydrogens (tertiary/aromatic N) is 6. The van der Waals surface area contributed by atoms with E-state index in [0.717, 1.165) is 40.5 Å². The van der Waals surface area contributed by atoms with Crippen LogP contribution in [-0.4, -0.2) is 42.8 Å². The van der Waals surface area contributed by atoms with E-state index in [1.165, 1.54) is 11.9 Å². The molecule has 0 spiro atoms. The zero-order valence-electron chi connectivity index (χ0n) is 18.1. The van der Waals surface area contributed by atoms with E-state index in [0.29, 0.717) is 11.7 Å². The number of hydrogen-bond acceptors (Lipinski definition) is 7. The van der Waals surface area contributed by atoms with Gasteiger partial charge in [-0.05, 0) is 61.3 Å². The molecule has 0 aliphatic heterocycles. The Kier molecular flexibility index (Phi) is 5.16. The zero-order valence-corrected chi connectivity index (χ0v) is 18.1. The van der Waals surface area contributed by atoms with Gasteiger partial charge in [0.15, 0.2) is 11.5 Å². The Labute approximate surface area is 185 Å². The molecule has 0 bridgehead atoms. The summed E-state index contributed by atoms with van der Waals surface area (Å²) < 4.78 is 9.64. The Morgan fingerprint density at radius 3 is 2.66 bits per heavy atom. The summed E-state index contributed by atoms with van der Waals surface area (Å²) >= 11 is 0. The predicted octanol–water partition coefficient (Wildman–Crippen LogP) is 3.94. The number of benzene rings is 1. The fraction of sp³-hybridized carbons (Fsp3) is 0.217. The van der Waals surface area contributed by atoms with E-state index in [9.17, 15) is 0 Å². The number of likely N-dealkylation sites (N-methyl/N-ethyl adjacent to an activating group) is 1. The van der Waals surface area contributed by atoms with Crippen LogP contribution in [-0.2, 0) is 0 Å². The molecule has 0 amide bonds. The first-order valence-electron chi connectivity index (χ1n) is 10.4. The average molecular weight is 429 g/mol. The van der Waals surface area contributed by atoms with Gasteiger partial charge in [0.1, 0.15) is 29.7 Å². The van der Waals surface area contributed by atoms with Gasteiger partial charge < -0.3 is 15.4 Å². The minimum atomic E-state index is 0.330. The maximum atomic E-state index is 6.08. The van der Waals surface area contributed by atoms with Crippen molar-refractivity contribution in [1.82, 2.24) is 34.5 Å². The summed E-state index contributed by atoms with van der Waals surface area (Å²) in [4.78, 5) is 8.71. The van der Waals surface area contributed by atoms with Crippen molar-refractivity contribution in [2.45, 2.75) is 19.8 Å². The van der Waals surface area contributed by atoms with Crippen molar-refractivity contribution in [3.63, 3.8) is 0 Å². The van der Waals surface area contributed by atoms with Crippen LogP contribution in [0.2, 0.25) is 0 Å². The SMILES string of the molecule is CNCC(C)c1ccn2ncnc(Nc3ccc(Oc4ccn5ncnc5c4)c(C)c3)c12. The molecule has 0 fully saturated rings. The van der Waals surface area contributed by atoms with E-state index in [2.05, 4.69) is 43.8 Å². The quantitative estimate of drug-likeness (QED) is 0.405. The highest BCUT2D eigenvalue weighted by Gasteiger charge is 2.15. The molecule has 1 atom stereocenters. The summed E-state index contributed by atoms with van der Waals surface area (Å²) in [5.74, 6) is 2.59. The van der Waals surface area contributed by atoms with Gasteiger partial charge in [-0.3, -0.25) is 0 Å². The van der Waals surface area contributed by atoms with Crippen molar-refractivity contribution in [2.75, 3.05) is 18.9 Å². The third-order valence-corrected chi connectivity index (χ3v) is 5.44. The normalized spacial score (nSPS) is 12.3. The van der Waals surface area contributed by atoms with E-state index in [1.807, 2.05) is 61.2 Å². The number of rotatable bonds is 7. The van der Waals surface area contributed by atoms with Gasteiger partial charge in [-0.2, -0.15) is 10.2 Å². The molecule has 1 unspecified atom stereocenters. The molecule has 9 heteroatoms. The topological polar surface area (TPSA) is 93.7 Å². The van der Waals surface area contributed by atoms with Crippen LogP contribution in [0, 0.1) is 6.92 Å². The van der Waals surface area contributed by atoms with Crippen molar-refractivity contribution in [3.05, 3.63) is 72.6 Å². The van der Waals surface area contributed by atoms with Crippen LogP contribution in [0.15, 0.2) is 61.4 Å². The smallest absolute Gasteiger partial charge is 0.158 e. The third-order valence-electron chi connectivity index (χ3n) is 5.44. The zero-order chi connectivity index (χ0) is 22.1. The van der Waals surface area contributed by atoms with Gasteiger partial charge in [0.2, 0.25) is 0 Å². The second kappa shape index (κ2) is 8.27. The minimum absolute atomic E-state index is 0.330. The Morgan fingerprint density at radius 2 is 1.81 bits per heavy atom. The summed E-state index contributed by atoms with van der Waals surface area (Å²) in [7, 11) is 1.96. The van der Waals surface area contributed by atoms with Gasteiger partial charge in [-0.25, -0.2) is 19.0 Å². The summed E-state index contributed by atoms with van der Waals surface area (Å²) in [6, 6.07) is 11.8. The molecule has 1 aromatic carbocycles. The van der Waals surface area contributed by atoms with Crippen molar-refractivity contribution >= 4 is 22.7 Å². The molecule has 0 saturated heterocycles. The Hall–Kier alpha value is -3.98. The summed E-state index contributed by atoms with van der Waals surface area (Å²) in [6.07, 6.45) is 6.88. The van der Waals surface area contributed by atoms with Gasteiger partial charge in [-0.15, -0.1) is 0 Å². The lowest BCUT2D eigenvalue weighted by atomic mass is 10.0. The Bertz CT molecular complexity index is 1390. The largest absolute Gasteiger partial charge is 0.457 e. The lowest BCUT2D eigenvalue weighted by Crippen LogP contribution is -2.15. The van der Waals surface area contributed by atoms with E-state index < -0.39 is 0 Å². The van der Waals surface area contributed by atoms with Gasteiger partial charge in [0.05, 0.1) is 0 Å². The molecular weight excluding hydrogens is 404 g/mol. The number of aromatic nitrogens is 6. The monoisotopic (exact) mass is 428 g/mol. The standard InChI is InChI=1S/C23H24N8O/c1-15-10-17(4-5-20(15)32-18-6-8-30-21(11-18)25-13-27-30)29-23-22-19(16(2)12-24-3)7-9-31(22)28-14-26-23/h4-11,13-14,16,24H,12H2,1-3H3,(H,26,28,29). The highest BCUT2D eigenvalue weighted by Crippen LogP contribution is 2.31. The molecule has 5 rings (SSSR count). The third kappa shape index (κ3) is 3.74. The van der Waals surface area contributed by atoms with E-state index in [4.69, 9.17) is 4.74 Å². The molecule has 0 saturated carbocycles. The molecule has 0 aliphatic carbocycles. The number of pyridine rings is 1. The van der Waals surface area contributed by atoms with Crippen LogP contribution in [0.1, 0.15) is 24.0 Å². The second-order valence-corrected chi connectivity index (χ2v) is 7.76. The molecule has 0 aliphatic rings. The van der Waals surface area contributed by atoms with Gasteiger partial charge >= 0.3 is 0 Å². The fourth-order valence-electron chi connectivity index (χ4n) is 3.85. The summed E-state index contributed by atoms with van der Waals surface area (Å²) in [5.41, 5.74) is 4.84. The molecular formula is C23H24N8O. The molecule has 4 aromatic heterocycles. The number of hydrogen-bond donors (Lipinski definition) is 2. The van der Waals surface area contributed by atoms with Crippen LogP contribution >= 0.6 is 0 Å². The average Bonchev–Trinajstić information content (AvgIpc) is 3.43. The van der Waals surface area contributed by atoms with Crippen LogP contribution in [0.5, 0.6) is 11.5 Å². The van der Waals surface area contributed by atoms with Gasteiger partial charge in [-0.1, -0.05) is 6.92 Å². The number of anilines is 2. The lowest BCUT2D eigenvalue weighted by Gasteiger charge is -2.14. The molecule has 0 radical (unpaired) electrons. The van der Waals surface area contributed by atoms with Crippen molar-refractivity contribution in [1.29, 1.82) is 0 Å². The molecule has 9 nitrogen and oxygen atoms in total. The predicted molar refractivity (Wildman–Crippen MR) is 123 cm³/mol. The highest BCUT2D eigenvalue weighted by atomic mass is 16.5. The van der Waals surface area contributed by atoms with E-state index in [-0.39, 0.29) is 0 Å². The number of fused-ring (bicyclic) bond motifs is 2. The minimum Gasteiger partial charge on any atom is -0.457 e. The number of ether oxygens (including phenoxy) is 1. The first kappa shape index (κ1) is 20.0. The number of aryl methyl sites for hydroxylation is 1. The summed E-state index contributed by atoms with van der Waals surface area (Å²) in [6.45, 7) is 5.08. The molecule has 5 aromatic rings. The van der Waals surface area contributed by atoms with Crippen LogP contribution in [0.25, 0.3) is 11.2 Å². The Morgan fingerprint density at radius 1 is 1.00 bits per heavy atom. The Balaban J connectivity index is 1.41. The maximum absolute atomic E-state index is 6.08. The lowest BCUT2D eigenvalue weighted by molar-refractivity contribution is 0.478. The van der Waals surface area contributed by atoms with E-state index in [1.54, 1.807) is 10.8 Å². The second-order valence-electron chi connectivity index (χ2n) is 7.76. The van der Waals surface area contributed by atoms with Crippen LogP contribution < -0.4 is 15.4 Å². The van der Waals surface area contributed by atoms with Gasteiger partial charge in [0, 0.05) is 30.7 Å². The first-order chi connectivity index (χ1) is 15.6. The summed E-state index contributed by atoms with van der Waals surface area (Å²) in [5, 5.41) is 15.2. The maximum Gasteiger partial charge on any atom is 0.158 e. The van der Waals surface area contributed by atoms with Crippen molar-refractivity contribution in [3.8, 4) is 11.5 Å². The highest BCUT2D eigenvalue weighted by molar-refractivity contribution is 5.77. The number of nitrogens with one attached hydrogen (secondary N) is 2. The van der Waals surface area contributed by atoms with Crippen LogP contribution in [0.3, 0.4) is 0 Å². The molecule has 162 valence electrons. The van der Waals surface area contributed by atoms with Gasteiger partial charge in [0.25, 0.3) is 0 Å².